The summed E-state index contributed by atoms with van der Waals surface area (Å²) in [7, 11) is 0. The topological polar surface area (TPSA) is 21.7 Å². The van der Waals surface area contributed by atoms with Crippen LogP contribution in [0, 0.1) is 0 Å². The van der Waals surface area contributed by atoms with Crippen LogP contribution in [0.15, 0.2) is 200 Å². The summed E-state index contributed by atoms with van der Waals surface area (Å²) in [4.78, 5) is 2.34. The minimum Gasteiger partial charge on any atom is -0.449 e. The number of hydrogen-bond acceptors (Lipinski definition) is 3. The summed E-state index contributed by atoms with van der Waals surface area (Å²) in [6, 6.07) is 72.6. The van der Waals surface area contributed by atoms with E-state index in [-0.39, 0.29) is 5.41 Å². The predicted octanol–water partition coefficient (Wildman–Crippen LogP) is 15.4. The minimum absolute atomic E-state index is 0.102. The predicted molar refractivity (Wildman–Crippen MR) is 247 cm³/mol. The molecule has 1 heterocycles. The molecule has 1 aliphatic heterocycles. The highest BCUT2D eigenvalue weighted by Gasteiger charge is 2.52. The van der Waals surface area contributed by atoms with Crippen molar-refractivity contribution in [1.82, 2.24) is 0 Å². The summed E-state index contributed by atoms with van der Waals surface area (Å²) >= 11 is 0. The van der Waals surface area contributed by atoms with E-state index < -0.39 is 5.41 Å². The fourth-order valence-corrected chi connectivity index (χ4v) is 11.1. The molecule has 1 spiro atoms. The Labute approximate surface area is 355 Å². The van der Waals surface area contributed by atoms with Gasteiger partial charge in [-0.1, -0.05) is 159 Å². The lowest BCUT2D eigenvalue weighted by Gasteiger charge is -2.32. The van der Waals surface area contributed by atoms with Crippen LogP contribution in [0.4, 0.5) is 17.1 Å². The molecule has 13 rings (SSSR count). The maximum absolute atomic E-state index is 7.01. The van der Waals surface area contributed by atoms with E-state index in [9.17, 15) is 0 Å². The molecule has 0 unspecified atom stereocenters. The van der Waals surface area contributed by atoms with Gasteiger partial charge in [-0.05, 0) is 121 Å². The van der Waals surface area contributed by atoms with Crippen LogP contribution in [0.25, 0.3) is 44.5 Å². The van der Waals surface area contributed by atoms with Crippen molar-refractivity contribution in [3.8, 4) is 67.5 Å². The van der Waals surface area contributed by atoms with E-state index in [2.05, 4.69) is 213 Å². The van der Waals surface area contributed by atoms with Gasteiger partial charge in [-0.25, -0.2) is 0 Å². The Bertz CT molecular complexity index is 3260. The van der Waals surface area contributed by atoms with Crippen molar-refractivity contribution < 1.29 is 9.47 Å². The van der Waals surface area contributed by atoms with Gasteiger partial charge in [-0.3, -0.25) is 0 Å². The van der Waals surface area contributed by atoms with Crippen LogP contribution in [-0.4, -0.2) is 0 Å². The smallest absolute Gasteiger partial charge is 0.172 e. The van der Waals surface area contributed by atoms with Crippen molar-refractivity contribution in [1.29, 1.82) is 0 Å². The second kappa shape index (κ2) is 12.5. The molecule has 3 aliphatic carbocycles. The molecule has 3 heteroatoms. The van der Waals surface area contributed by atoms with Crippen LogP contribution < -0.4 is 14.4 Å². The Morgan fingerprint density at radius 2 is 0.836 bits per heavy atom. The van der Waals surface area contributed by atoms with E-state index in [0.717, 1.165) is 28.4 Å². The number of benzene rings is 9. The van der Waals surface area contributed by atoms with Crippen molar-refractivity contribution in [3.05, 3.63) is 234 Å². The maximum Gasteiger partial charge on any atom is 0.172 e. The molecule has 0 saturated carbocycles. The summed E-state index contributed by atoms with van der Waals surface area (Å²) in [5, 5.41) is 0. The monoisotopic (exact) mass is 781 g/mol. The number of ether oxygens (including phenoxy) is 2. The molecule has 0 atom stereocenters. The molecule has 0 bridgehead atoms. The quantitative estimate of drug-likeness (QED) is 0.177. The molecule has 9 aromatic carbocycles. The van der Waals surface area contributed by atoms with Crippen molar-refractivity contribution in [2.75, 3.05) is 4.90 Å². The average Bonchev–Trinajstić information content (AvgIpc) is 3.86. The summed E-state index contributed by atoms with van der Waals surface area (Å²) in [6.07, 6.45) is 0. The van der Waals surface area contributed by atoms with Crippen LogP contribution in [0.3, 0.4) is 0 Å². The summed E-state index contributed by atoms with van der Waals surface area (Å²) in [5.41, 5.74) is 20.3. The van der Waals surface area contributed by atoms with E-state index in [1.807, 2.05) is 6.07 Å². The van der Waals surface area contributed by atoms with E-state index in [0.29, 0.717) is 17.2 Å². The Morgan fingerprint density at radius 1 is 0.328 bits per heavy atom. The molecule has 0 aromatic heterocycles. The summed E-state index contributed by atoms with van der Waals surface area (Å²) < 4.78 is 13.8. The van der Waals surface area contributed by atoms with Crippen LogP contribution in [0.2, 0.25) is 0 Å². The molecule has 3 nitrogen and oxygen atoms in total. The standard InChI is InChI=1S/C58H39NO2/c1-57(2)46-23-11-6-19-40(46)44-30-28-36(32-50(44)57)39-18-10-15-27-52(39)59(37-16-4-3-5-17-37)38-29-31-53-54(33-38)61-56-35-51-45(34-55(56)60-53)43-22-9-14-26-49(43)58(51)47-24-12-7-20-41(47)42-21-8-13-25-48(42)58/h3-35H,1-2H3. The zero-order valence-corrected chi connectivity index (χ0v) is 33.8. The van der Waals surface area contributed by atoms with Gasteiger partial charge in [0.05, 0.1) is 16.8 Å². The van der Waals surface area contributed by atoms with Crippen molar-refractivity contribution in [2.45, 2.75) is 24.7 Å². The third-order valence-electron chi connectivity index (χ3n) is 13.7. The molecule has 0 radical (unpaired) electrons. The van der Waals surface area contributed by atoms with Gasteiger partial charge in [0.1, 0.15) is 0 Å². The fraction of sp³-hybridized carbons (Fsp3) is 0.0690. The molecule has 0 amide bonds. The van der Waals surface area contributed by atoms with Gasteiger partial charge < -0.3 is 14.4 Å². The highest BCUT2D eigenvalue weighted by atomic mass is 16.6. The molecule has 9 aromatic rings. The fourth-order valence-electron chi connectivity index (χ4n) is 11.1. The maximum atomic E-state index is 7.01. The SMILES string of the molecule is CC1(C)c2ccccc2-c2ccc(-c3ccccc3N(c3ccccc3)c3ccc4c(c3)Oc3cc5c(cc3O4)-c3ccccc3C53c4ccccc4-c4ccccc43)cc21. The summed E-state index contributed by atoms with van der Waals surface area (Å²) in [5.74, 6) is 2.80. The van der Waals surface area contributed by atoms with Crippen molar-refractivity contribution in [3.63, 3.8) is 0 Å². The van der Waals surface area contributed by atoms with Gasteiger partial charge in [0.15, 0.2) is 23.0 Å². The Hall–Kier alpha value is -7.62. The highest BCUT2D eigenvalue weighted by Crippen LogP contribution is 2.65. The number of nitrogens with zero attached hydrogens (tertiary/aromatic N) is 1. The van der Waals surface area contributed by atoms with E-state index in [1.165, 1.54) is 72.3 Å². The van der Waals surface area contributed by atoms with Gasteiger partial charge in [-0.2, -0.15) is 0 Å². The molecule has 0 fully saturated rings. The van der Waals surface area contributed by atoms with Crippen LogP contribution in [-0.2, 0) is 10.8 Å². The van der Waals surface area contributed by atoms with Crippen molar-refractivity contribution >= 4 is 17.1 Å². The lowest BCUT2D eigenvalue weighted by atomic mass is 9.70. The molecule has 288 valence electrons. The van der Waals surface area contributed by atoms with E-state index in [4.69, 9.17) is 9.47 Å². The Balaban J connectivity index is 0.938. The molecule has 0 N–H and O–H groups in total. The lowest BCUT2D eigenvalue weighted by molar-refractivity contribution is 0.359. The molecular formula is C58H39NO2. The normalized spacial score (nSPS) is 14.6. The molecule has 0 saturated heterocycles. The number of rotatable bonds is 4. The first-order valence-corrected chi connectivity index (χ1v) is 21.2. The minimum atomic E-state index is -0.469. The zero-order chi connectivity index (χ0) is 40.5. The first-order valence-electron chi connectivity index (χ1n) is 21.2. The van der Waals surface area contributed by atoms with Gasteiger partial charge in [0.25, 0.3) is 0 Å². The Morgan fingerprint density at radius 3 is 1.52 bits per heavy atom. The van der Waals surface area contributed by atoms with Crippen LogP contribution in [0.5, 0.6) is 23.0 Å². The van der Waals surface area contributed by atoms with E-state index >= 15 is 0 Å². The third-order valence-corrected chi connectivity index (χ3v) is 13.7. The Kier molecular flexibility index (Phi) is 6.99. The second-order valence-electron chi connectivity index (χ2n) is 17.2. The third kappa shape index (κ3) is 4.63. The van der Waals surface area contributed by atoms with Gasteiger partial charge in [0.2, 0.25) is 0 Å². The van der Waals surface area contributed by atoms with Gasteiger partial charge in [-0.15, -0.1) is 0 Å². The zero-order valence-electron chi connectivity index (χ0n) is 33.8. The first-order chi connectivity index (χ1) is 30.0. The van der Waals surface area contributed by atoms with Crippen molar-refractivity contribution in [2.24, 2.45) is 0 Å². The first kappa shape index (κ1) is 34.3. The molecule has 4 aliphatic rings. The number of hydrogen-bond donors (Lipinski definition) is 0. The number of anilines is 3. The second-order valence-corrected chi connectivity index (χ2v) is 17.2. The number of fused-ring (bicyclic) bond motifs is 15. The average molecular weight is 782 g/mol. The highest BCUT2D eigenvalue weighted by molar-refractivity contribution is 5.96. The van der Waals surface area contributed by atoms with Gasteiger partial charge >= 0.3 is 0 Å². The summed E-state index contributed by atoms with van der Waals surface area (Å²) in [6.45, 7) is 4.69. The van der Waals surface area contributed by atoms with Gasteiger partial charge in [0, 0.05) is 22.7 Å². The van der Waals surface area contributed by atoms with E-state index in [1.54, 1.807) is 0 Å². The molecular weight excluding hydrogens is 743 g/mol. The van der Waals surface area contributed by atoms with Crippen LogP contribution in [0.1, 0.15) is 47.2 Å². The van der Waals surface area contributed by atoms with Crippen LogP contribution >= 0.6 is 0 Å². The largest absolute Gasteiger partial charge is 0.449 e. The lowest BCUT2D eigenvalue weighted by Crippen LogP contribution is -2.25. The molecule has 61 heavy (non-hydrogen) atoms. The number of para-hydroxylation sites is 2.